The van der Waals surface area contributed by atoms with Gasteiger partial charge in [0.1, 0.15) is 5.82 Å². The van der Waals surface area contributed by atoms with Crippen molar-refractivity contribution >= 4 is 45.8 Å². The zero-order valence-corrected chi connectivity index (χ0v) is 19.2. The number of rotatable bonds is 4. The fourth-order valence-corrected chi connectivity index (χ4v) is 4.84. The van der Waals surface area contributed by atoms with Gasteiger partial charge in [0, 0.05) is 34.6 Å². The van der Waals surface area contributed by atoms with Gasteiger partial charge in [-0.2, -0.15) is 13.2 Å². The van der Waals surface area contributed by atoms with Crippen LogP contribution in [-0.2, 0) is 17.5 Å². The van der Waals surface area contributed by atoms with Crippen LogP contribution in [0.5, 0.6) is 0 Å². The molecular weight excluding hydrogens is 486 g/mol. The number of halogens is 5. The van der Waals surface area contributed by atoms with E-state index in [1.807, 2.05) is 34.9 Å². The average Bonchev–Trinajstić information content (AvgIpc) is 3.36. The van der Waals surface area contributed by atoms with Gasteiger partial charge >= 0.3 is 6.18 Å². The van der Waals surface area contributed by atoms with E-state index < -0.39 is 11.7 Å². The van der Waals surface area contributed by atoms with E-state index in [9.17, 15) is 18.0 Å². The molecule has 0 spiro atoms. The topological polar surface area (TPSA) is 38.1 Å². The van der Waals surface area contributed by atoms with Crippen LogP contribution in [-0.4, -0.2) is 22.0 Å². The van der Waals surface area contributed by atoms with Crippen molar-refractivity contribution in [3.63, 3.8) is 0 Å². The summed E-state index contributed by atoms with van der Waals surface area (Å²) in [6.07, 6.45) is -4.34. The van der Waals surface area contributed by atoms with Gasteiger partial charge in [0.2, 0.25) is 5.91 Å². The normalized spacial score (nSPS) is 16.6. The molecule has 1 aromatic heterocycles. The van der Waals surface area contributed by atoms with Crippen LogP contribution in [0.2, 0.25) is 10.0 Å². The predicted octanol–water partition coefficient (Wildman–Crippen LogP) is 6.93. The molecule has 1 aliphatic rings. The molecule has 1 aliphatic heterocycles. The Labute approximate surface area is 203 Å². The van der Waals surface area contributed by atoms with Crippen LogP contribution in [0.4, 0.5) is 18.9 Å². The van der Waals surface area contributed by atoms with Crippen molar-refractivity contribution < 1.29 is 18.0 Å². The van der Waals surface area contributed by atoms with Crippen LogP contribution >= 0.6 is 23.2 Å². The number of benzene rings is 3. The number of amides is 1. The van der Waals surface area contributed by atoms with Crippen molar-refractivity contribution in [1.29, 1.82) is 0 Å². The van der Waals surface area contributed by atoms with Gasteiger partial charge in [-0.15, -0.1) is 0 Å². The largest absolute Gasteiger partial charge is 0.416 e. The van der Waals surface area contributed by atoms with Gasteiger partial charge < -0.3 is 9.47 Å². The van der Waals surface area contributed by atoms with E-state index >= 15 is 0 Å². The molecule has 5 rings (SSSR count). The molecule has 4 nitrogen and oxygen atoms in total. The maximum Gasteiger partial charge on any atom is 0.416 e. The van der Waals surface area contributed by atoms with E-state index in [-0.39, 0.29) is 30.5 Å². The Kier molecular flexibility index (Phi) is 5.78. The third-order valence-electron chi connectivity index (χ3n) is 6.00. The van der Waals surface area contributed by atoms with Gasteiger partial charge in [0.05, 0.1) is 23.1 Å². The number of hydrogen-bond acceptors (Lipinski definition) is 2. The van der Waals surface area contributed by atoms with Crippen molar-refractivity contribution in [1.82, 2.24) is 9.55 Å². The minimum atomic E-state index is -4.48. The number of carbonyl (C=O) groups excluding carboxylic acids is 1. The van der Waals surface area contributed by atoms with Gasteiger partial charge in [-0.1, -0.05) is 47.5 Å². The van der Waals surface area contributed by atoms with Crippen molar-refractivity contribution in [2.45, 2.75) is 25.1 Å². The summed E-state index contributed by atoms with van der Waals surface area (Å²) in [7, 11) is 0. The molecule has 174 valence electrons. The van der Waals surface area contributed by atoms with E-state index in [4.69, 9.17) is 28.2 Å². The second-order valence-corrected chi connectivity index (χ2v) is 9.08. The highest BCUT2D eigenvalue weighted by Gasteiger charge is 2.36. The number of hydrogen-bond donors (Lipinski definition) is 0. The number of imidazole rings is 1. The minimum Gasteiger partial charge on any atom is -0.323 e. The smallest absolute Gasteiger partial charge is 0.323 e. The summed E-state index contributed by atoms with van der Waals surface area (Å²) in [6, 6.07) is 17.7. The van der Waals surface area contributed by atoms with E-state index in [0.29, 0.717) is 22.4 Å². The number of fused-ring (bicyclic) bond motifs is 1. The molecule has 4 aromatic rings. The summed E-state index contributed by atoms with van der Waals surface area (Å²) in [5.74, 6) is 0.156. The molecule has 0 aliphatic carbocycles. The Hall–Kier alpha value is -3.03. The first-order valence-electron chi connectivity index (χ1n) is 10.6. The van der Waals surface area contributed by atoms with Crippen molar-refractivity contribution in [3.05, 3.63) is 93.7 Å². The maximum atomic E-state index is 13.2. The predicted molar refractivity (Wildman–Crippen MR) is 126 cm³/mol. The van der Waals surface area contributed by atoms with E-state index in [2.05, 4.69) is 0 Å². The van der Waals surface area contributed by atoms with Crippen molar-refractivity contribution in [2.24, 2.45) is 0 Å². The van der Waals surface area contributed by atoms with E-state index in [1.165, 1.54) is 17.0 Å². The second-order valence-electron chi connectivity index (χ2n) is 8.23. The molecule has 1 saturated heterocycles. The van der Waals surface area contributed by atoms with Gasteiger partial charge in [-0.25, -0.2) is 4.98 Å². The van der Waals surface area contributed by atoms with Gasteiger partial charge in [0.25, 0.3) is 0 Å². The lowest BCUT2D eigenvalue weighted by atomic mass is 10.1. The number of para-hydroxylation sites is 2. The monoisotopic (exact) mass is 503 g/mol. The zero-order chi connectivity index (χ0) is 24.0. The summed E-state index contributed by atoms with van der Waals surface area (Å²) in [5.41, 5.74) is 1.94. The van der Waals surface area contributed by atoms with E-state index in [0.717, 1.165) is 28.7 Å². The first-order valence-corrected chi connectivity index (χ1v) is 11.3. The SMILES string of the molecule is O=C1CC(c2nc3ccccc3n2Cc2ccc(Cl)cc2Cl)CN1c1cccc(C(F)(F)F)c1. The average molecular weight is 504 g/mol. The molecule has 1 fully saturated rings. The first-order chi connectivity index (χ1) is 16.2. The third-order valence-corrected chi connectivity index (χ3v) is 6.59. The van der Waals surface area contributed by atoms with Crippen LogP contribution in [0.25, 0.3) is 11.0 Å². The number of nitrogens with zero attached hydrogens (tertiary/aromatic N) is 3. The molecule has 0 saturated carbocycles. The van der Waals surface area contributed by atoms with E-state index in [1.54, 1.807) is 12.1 Å². The quantitative estimate of drug-likeness (QED) is 0.302. The molecule has 0 radical (unpaired) electrons. The zero-order valence-electron chi connectivity index (χ0n) is 17.7. The lowest BCUT2D eigenvalue weighted by molar-refractivity contribution is -0.137. The molecule has 1 atom stereocenters. The van der Waals surface area contributed by atoms with Crippen LogP contribution < -0.4 is 4.90 Å². The number of alkyl halides is 3. The molecule has 9 heteroatoms. The number of aromatic nitrogens is 2. The fraction of sp³-hybridized carbons (Fsp3) is 0.200. The highest BCUT2D eigenvalue weighted by atomic mass is 35.5. The van der Waals surface area contributed by atoms with Crippen LogP contribution in [0.1, 0.15) is 29.3 Å². The maximum absolute atomic E-state index is 13.2. The van der Waals surface area contributed by atoms with Crippen molar-refractivity contribution in [3.8, 4) is 0 Å². The number of anilines is 1. The summed E-state index contributed by atoms with van der Waals surface area (Å²) < 4.78 is 41.6. The Balaban J connectivity index is 1.51. The lowest BCUT2D eigenvalue weighted by Gasteiger charge is -2.19. The van der Waals surface area contributed by atoms with Crippen molar-refractivity contribution in [2.75, 3.05) is 11.4 Å². The minimum absolute atomic E-state index is 0.147. The lowest BCUT2D eigenvalue weighted by Crippen LogP contribution is -2.25. The fourth-order valence-electron chi connectivity index (χ4n) is 4.37. The Morgan fingerprint density at radius 3 is 2.56 bits per heavy atom. The second kappa shape index (κ2) is 8.64. The Morgan fingerprint density at radius 1 is 1.00 bits per heavy atom. The molecule has 1 amide bonds. The molecule has 2 heterocycles. The number of carbonyl (C=O) groups is 1. The Bertz CT molecular complexity index is 1400. The molecular formula is C25H18Cl2F3N3O. The van der Waals surface area contributed by atoms with Crippen LogP contribution in [0.3, 0.4) is 0 Å². The van der Waals surface area contributed by atoms with Gasteiger partial charge in [-0.3, -0.25) is 4.79 Å². The molecule has 34 heavy (non-hydrogen) atoms. The van der Waals surface area contributed by atoms with Crippen LogP contribution in [0, 0.1) is 0 Å². The highest BCUT2D eigenvalue weighted by molar-refractivity contribution is 6.35. The standard InChI is InChI=1S/C25H18Cl2F3N3O/c26-18-9-8-15(20(27)12-18)13-33-22-7-2-1-6-21(22)31-24(33)16-10-23(34)32(14-16)19-5-3-4-17(11-19)25(28,29)30/h1-9,11-12,16H,10,13-14H2. The van der Waals surface area contributed by atoms with Gasteiger partial charge in [-0.05, 0) is 48.0 Å². The summed E-state index contributed by atoms with van der Waals surface area (Å²) in [4.78, 5) is 19.1. The highest BCUT2D eigenvalue weighted by Crippen LogP contribution is 2.37. The summed E-state index contributed by atoms with van der Waals surface area (Å²) in [5, 5.41) is 1.05. The summed E-state index contributed by atoms with van der Waals surface area (Å²) >= 11 is 12.5. The molecule has 1 unspecified atom stereocenters. The first kappa shape index (κ1) is 22.7. The molecule has 3 aromatic carbocycles. The molecule has 0 N–H and O–H groups in total. The van der Waals surface area contributed by atoms with Gasteiger partial charge in [0.15, 0.2) is 0 Å². The molecule has 0 bridgehead atoms. The Morgan fingerprint density at radius 2 is 1.79 bits per heavy atom. The van der Waals surface area contributed by atoms with Crippen LogP contribution in [0.15, 0.2) is 66.7 Å². The third kappa shape index (κ3) is 4.26. The summed E-state index contributed by atoms with van der Waals surface area (Å²) in [6.45, 7) is 0.651.